The fourth-order valence-corrected chi connectivity index (χ4v) is 2.12. The minimum atomic E-state index is -0.627. The zero-order valence-electron chi connectivity index (χ0n) is 11.5. The first-order chi connectivity index (χ1) is 9.49. The molecule has 4 heteroatoms. The average Bonchev–Trinajstić information content (AvgIpc) is 2.39. The predicted molar refractivity (Wildman–Crippen MR) is 78.2 cm³/mol. The first-order valence-electron chi connectivity index (χ1n) is 6.37. The molecule has 3 N–H and O–H groups in total. The lowest BCUT2D eigenvalue weighted by Crippen LogP contribution is -2.12. The van der Waals surface area contributed by atoms with Crippen LogP contribution in [0.25, 0.3) is 0 Å². The molecule has 0 fully saturated rings. The van der Waals surface area contributed by atoms with Crippen LogP contribution in [0.2, 0.25) is 0 Å². The van der Waals surface area contributed by atoms with Gasteiger partial charge in [0.2, 0.25) is 5.91 Å². The molecule has 0 saturated carbocycles. The van der Waals surface area contributed by atoms with Crippen molar-refractivity contribution in [1.29, 1.82) is 0 Å². The molecule has 0 aromatic heterocycles. The third kappa shape index (κ3) is 2.96. The number of primary amides is 1. The van der Waals surface area contributed by atoms with Crippen LogP contribution in [0.4, 0.5) is 10.1 Å². The van der Waals surface area contributed by atoms with Crippen molar-refractivity contribution in [3.63, 3.8) is 0 Å². The van der Waals surface area contributed by atoms with Gasteiger partial charge in [0.25, 0.3) is 0 Å². The summed E-state index contributed by atoms with van der Waals surface area (Å²) in [5.41, 5.74) is 9.02. The Kier molecular flexibility index (Phi) is 4.03. The second-order valence-electron chi connectivity index (χ2n) is 4.79. The van der Waals surface area contributed by atoms with Gasteiger partial charge in [-0.2, -0.15) is 0 Å². The molecule has 2 rings (SSSR count). The van der Waals surface area contributed by atoms with E-state index < -0.39 is 11.7 Å². The number of aryl methyl sites for hydroxylation is 2. The Bertz CT molecular complexity index is 633. The smallest absolute Gasteiger partial charge is 0.248 e. The normalized spacial score (nSPS) is 10.3. The number of rotatable bonds is 4. The number of halogens is 1. The maximum Gasteiger partial charge on any atom is 0.248 e. The minimum Gasteiger partial charge on any atom is -0.380 e. The first-order valence-corrected chi connectivity index (χ1v) is 6.37. The van der Waals surface area contributed by atoms with Crippen LogP contribution in [0.3, 0.4) is 0 Å². The number of nitrogens with two attached hydrogens (primary N) is 1. The summed E-state index contributed by atoms with van der Waals surface area (Å²) in [5.74, 6) is -1.06. The molecule has 0 radical (unpaired) electrons. The second-order valence-corrected chi connectivity index (χ2v) is 4.79. The lowest BCUT2D eigenvalue weighted by molar-refractivity contribution is 0.1000. The van der Waals surface area contributed by atoms with Crippen LogP contribution in [-0.4, -0.2) is 5.91 Å². The Labute approximate surface area is 117 Å². The number of amides is 1. The van der Waals surface area contributed by atoms with Gasteiger partial charge in [0.05, 0.1) is 0 Å². The van der Waals surface area contributed by atoms with Gasteiger partial charge in [-0.25, -0.2) is 4.39 Å². The van der Waals surface area contributed by atoms with E-state index in [4.69, 9.17) is 5.73 Å². The van der Waals surface area contributed by atoms with E-state index in [0.29, 0.717) is 12.1 Å². The van der Waals surface area contributed by atoms with Gasteiger partial charge in [0, 0.05) is 23.4 Å². The zero-order valence-corrected chi connectivity index (χ0v) is 11.5. The van der Waals surface area contributed by atoms with Crippen LogP contribution in [0.15, 0.2) is 36.4 Å². The number of carbonyl (C=O) groups excluding carboxylic acids is 1. The van der Waals surface area contributed by atoms with E-state index in [9.17, 15) is 9.18 Å². The quantitative estimate of drug-likeness (QED) is 0.898. The molecule has 0 atom stereocenters. The number of para-hydroxylation sites is 1. The molecule has 104 valence electrons. The average molecular weight is 272 g/mol. The highest BCUT2D eigenvalue weighted by Gasteiger charge is 2.08. The number of benzene rings is 2. The molecule has 0 spiro atoms. The molecular weight excluding hydrogens is 255 g/mol. The van der Waals surface area contributed by atoms with Gasteiger partial charge in [-0.3, -0.25) is 4.79 Å². The molecule has 1 amide bonds. The minimum absolute atomic E-state index is 0.179. The van der Waals surface area contributed by atoms with E-state index in [0.717, 1.165) is 16.8 Å². The highest BCUT2D eigenvalue weighted by Crippen LogP contribution is 2.21. The van der Waals surface area contributed by atoms with Gasteiger partial charge < -0.3 is 11.1 Å². The summed E-state index contributed by atoms with van der Waals surface area (Å²) >= 11 is 0. The molecule has 0 bridgehead atoms. The monoisotopic (exact) mass is 272 g/mol. The first kappa shape index (κ1) is 14.1. The van der Waals surface area contributed by atoms with Crippen molar-refractivity contribution in [2.75, 3.05) is 5.32 Å². The summed E-state index contributed by atoms with van der Waals surface area (Å²) in [4.78, 5) is 11.0. The molecule has 2 aromatic carbocycles. The van der Waals surface area contributed by atoms with E-state index in [1.165, 1.54) is 12.1 Å². The van der Waals surface area contributed by atoms with Crippen molar-refractivity contribution in [2.24, 2.45) is 5.73 Å². The molecule has 0 heterocycles. The van der Waals surface area contributed by atoms with Crippen LogP contribution >= 0.6 is 0 Å². The lowest BCUT2D eigenvalue weighted by Gasteiger charge is -2.13. The van der Waals surface area contributed by atoms with Crippen LogP contribution < -0.4 is 11.1 Å². The fraction of sp³-hybridized carbons (Fsp3) is 0.188. The molecule has 0 unspecified atom stereocenters. The maximum absolute atomic E-state index is 13.9. The Morgan fingerprint density at radius 3 is 2.40 bits per heavy atom. The summed E-state index contributed by atoms with van der Waals surface area (Å²) in [5, 5.41) is 3.23. The van der Waals surface area contributed by atoms with Gasteiger partial charge in [-0.15, -0.1) is 0 Å². The molecule has 0 saturated heterocycles. The summed E-state index contributed by atoms with van der Waals surface area (Å²) in [6.45, 7) is 4.36. The Hall–Kier alpha value is -2.36. The van der Waals surface area contributed by atoms with Gasteiger partial charge in [0.15, 0.2) is 0 Å². The largest absolute Gasteiger partial charge is 0.380 e. The lowest BCUT2D eigenvalue weighted by atomic mass is 10.1. The van der Waals surface area contributed by atoms with Crippen molar-refractivity contribution in [3.05, 3.63) is 64.5 Å². The van der Waals surface area contributed by atoms with Crippen molar-refractivity contribution in [2.45, 2.75) is 20.4 Å². The number of hydrogen-bond acceptors (Lipinski definition) is 2. The summed E-state index contributed by atoms with van der Waals surface area (Å²) in [7, 11) is 0. The Morgan fingerprint density at radius 2 is 1.85 bits per heavy atom. The van der Waals surface area contributed by atoms with Gasteiger partial charge in [-0.1, -0.05) is 24.3 Å². The van der Waals surface area contributed by atoms with E-state index in [-0.39, 0.29) is 5.56 Å². The standard InChI is InChI=1S/C16H17FN2O/c1-10-4-3-5-11(2)15(10)19-9-13-7-6-12(16(18)20)8-14(13)17/h3-8,19H,9H2,1-2H3,(H2,18,20). The zero-order chi connectivity index (χ0) is 14.7. The topological polar surface area (TPSA) is 55.1 Å². The molecule has 20 heavy (non-hydrogen) atoms. The summed E-state index contributed by atoms with van der Waals surface area (Å²) in [6, 6.07) is 10.3. The van der Waals surface area contributed by atoms with Crippen molar-refractivity contribution >= 4 is 11.6 Å². The Balaban J connectivity index is 2.17. The molecular formula is C16H17FN2O. The van der Waals surface area contributed by atoms with Gasteiger partial charge in [-0.05, 0) is 37.1 Å². The van der Waals surface area contributed by atoms with E-state index in [2.05, 4.69) is 5.32 Å². The summed E-state index contributed by atoms with van der Waals surface area (Å²) < 4.78 is 13.9. The van der Waals surface area contributed by atoms with Crippen LogP contribution in [-0.2, 0) is 6.54 Å². The Morgan fingerprint density at radius 1 is 1.20 bits per heavy atom. The molecule has 0 aliphatic carbocycles. The number of anilines is 1. The van der Waals surface area contributed by atoms with Crippen LogP contribution in [0.1, 0.15) is 27.0 Å². The molecule has 0 aliphatic rings. The van der Waals surface area contributed by atoms with Gasteiger partial charge >= 0.3 is 0 Å². The third-order valence-corrected chi connectivity index (χ3v) is 3.27. The van der Waals surface area contributed by atoms with Crippen molar-refractivity contribution in [1.82, 2.24) is 0 Å². The van der Waals surface area contributed by atoms with E-state index in [1.54, 1.807) is 6.07 Å². The fourth-order valence-electron chi connectivity index (χ4n) is 2.12. The SMILES string of the molecule is Cc1cccc(C)c1NCc1ccc(C(N)=O)cc1F. The highest BCUT2D eigenvalue weighted by molar-refractivity contribution is 5.92. The predicted octanol–water partition coefficient (Wildman–Crippen LogP) is 3.15. The molecule has 0 aliphatic heterocycles. The number of carbonyl (C=O) groups is 1. The second kappa shape index (κ2) is 5.74. The van der Waals surface area contributed by atoms with E-state index >= 15 is 0 Å². The number of nitrogens with one attached hydrogen (secondary N) is 1. The van der Waals surface area contributed by atoms with Gasteiger partial charge in [0.1, 0.15) is 5.82 Å². The third-order valence-electron chi connectivity index (χ3n) is 3.27. The summed E-state index contributed by atoms with van der Waals surface area (Å²) in [6.07, 6.45) is 0. The molecule has 2 aromatic rings. The maximum atomic E-state index is 13.9. The molecule has 3 nitrogen and oxygen atoms in total. The van der Waals surface area contributed by atoms with Crippen molar-refractivity contribution in [3.8, 4) is 0 Å². The van der Waals surface area contributed by atoms with Crippen LogP contribution in [0, 0.1) is 19.7 Å². The highest BCUT2D eigenvalue weighted by atomic mass is 19.1. The van der Waals surface area contributed by atoms with Crippen molar-refractivity contribution < 1.29 is 9.18 Å². The van der Waals surface area contributed by atoms with E-state index in [1.807, 2.05) is 32.0 Å². The number of hydrogen-bond donors (Lipinski definition) is 2. The van der Waals surface area contributed by atoms with Crippen LogP contribution in [0.5, 0.6) is 0 Å².